The molecule has 0 bridgehead atoms. The van der Waals surface area contributed by atoms with Crippen LogP contribution in [0.4, 0.5) is 0 Å². The number of rotatable bonds is 4. The van der Waals surface area contributed by atoms with Gasteiger partial charge in [-0.1, -0.05) is 24.3 Å². The second-order valence-electron chi connectivity index (χ2n) is 5.30. The SMILES string of the molecule is CCN(Cc1ccccc1C)C(=O)C1CCNCC1. The highest BCUT2D eigenvalue weighted by molar-refractivity contribution is 5.79. The number of hydrogen-bond donors (Lipinski definition) is 1. The normalized spacial score (nSPS) is 16.3. The first-order valence-corrected chi connectivity index (χ1v) is 7.26. The predicted molar refractivity (Wildman–Crippen MR) is 77.9 cm³/mol. The van der Waals surface area contributed by atoms with Gasteiger partial charge in [0.15, 0.2) is 0 Å². The van der Waals surface area contributed by atoms with Crippen LogP contribution >= 0.6 is 0 Å². The number of amides is 1. The Morgan fingerprint density at radius 1 is 1.32 bits per heavy atom. The number of carbonyl (C=O) groups is 1. The van der Waals surface area contributed by atoms with Gasteiger partial charge in [0.25, 0.3) is 0 Å². The minimum atomic E-state index is 0.213. The molecular formula is C16H24N2O. The molecule has 1 amide bonds. The second kappa shape index (κ2) is 6.71. The summed E-state index contributed by atoms with van der Waals surface area (Å²) < 4.78 is 0. The quantitative estimate of drug-likeness (QED) is 0.901. The van der Waals surface area contributed by atoms with Gasteiger partial charge in [-0.15, -0.1) is 0 Å². The number of nitrogens with one attached hydrogen (secondary N) is 1. The summed E-state index contributed by atoms with van der Waals surface area (Å²) in [6, 6.07) is 8.32. The van der Waals surface area contributed by atoms with Crippen molar-refractivity contribution in [3.05, 3.63) is 35.4 Å². The molecule has 0 radical (unpaired) electrons. The number of hydrogen-bond acceptors (Lipinski definition) is 2. The van der Waals surface area contributed by atoms with E-state index in [1.807, 2.05) is 17.0 Å². The monoisotopic (exact) mass is 260 g/mol. The number of piperidine rings is 1. The van der Waals surface area contributed by atoms with E-state index in [9.17, 15) is 4.79 Å². The average Bonchev–Trinajstić information content (AvgIpc) is 2.47. The smallest absolute Gasteiger partial charge is 0.226 e. The first kappa shape index (κ1) is 14.1. The van der Waals surface area contributed by atoms with Crippen LogP contribution in [0.1, 0.15) is 30.9 Å². The molecule has 2 rings (SSSR count). The third-order valence-electron chi connectivity index (χ3n) is 4.00. The molecule has 1 saturated heterocycles. The van der Waals surface area contributed by atoms with Gasteiger partial charge in [-0.05, 0) is 50.9 Å². The molecule has 1 aromatic rings. The van der Waals surface area contributed by atoms with Crippen LogP contribution in [0.25, 0.3) is 0 Å². The first-order valence-electron chi connectivity index (χ1n) is 7.26. The lowest BCUT2D eigenvalue weighted by Crippen LogP contribution is -2.40. The van der Waals surface area contributed by atoms with Crippen LogP contribution in [0.3, 0.4) is 0 Å². The highest BCUT2D eigenvalue weighted by Crippen LogP contribution is 2.18. The fourth-order valence-corrected chi connectivity index (χ4v) is 2.67. The predicted octanol–water partition coefficient (Wildman–Crippen LogP) is 2.34. The molecule has 1 fully saturated rings. The molecule has 1 aromatic carbocycles. The summed E-state index contributed by atoms with van der Waals surface area (Å²) in [5, 5.41) is 3.31. The van der Waals surface area contributed by atoms with Crippen LogP contribution in [0.5, 0.6) is 0 Å². The first-order chi connectivity index (χ1) is 9.22. The molecule has 0 aromatic heterocycles. The van der Waals surface area contributed by atoms with E-state index in [-0.39, 0.29) is 5.92 Å². The highest BCUT2D eigenvalue weighted by atomic mass is 16.2. The van der Waals surface area contributed by atoms with Crippen molar-refractivity contribution in [3.63, 3.8) is 0 Å². The van der Waals surface area contributed by atoms with Crippen LogP contribution in [-0.4, -0.2) is 30.4 Å². The van der Waals surface area contributed by atoms with Crippen LogP contribution in [0, 0.1) is 12.8 Å². The Kier molecular flexibility index (Phi) is 4.97. The zero-order chi connectivity index (χ0) is 13.7. The van der Waals surface area contributed by atoms with E-state index >= 15 is 0 Å². The molecule has 3 nitrogen and oxygen atoms in total. The molecule has 0 spiro atoms. The minimum Gasteiger partial charge on any atom is -0.338 e. The van der Waals surface area contributed by atoms with Crippen molar-refractivity contribution in [3.8, 4) is 0 Å². The van der Waals surface area contributed by atoms with E-state index in [4.69, 9.17) is 0 Å². The third kappa shape index (κ3) is 3.57. The van der Waals surface area contributed by atoms with Crippen LogP contribution in [-0.2, 0) is 11.3 Å². The number of carbonyl (C=O) groups excluding carboxylic acids is 1. The summed E-state index contributed by atoms with van der Waals surface area (Å²) >= 11 is 0. The Morgan fingerprint density at radius 2 is 2.00 bits per heavy atom. The summed E-state index contributed by atoms with van der Waals surface area (Å²) in [5.41, 5.74) is 2.52. The fourth-order valence-electron chi connectivity index (χ4n) is 2.67. The molecule has 3 heteroatoms. The molecule has 104 valence electrons. The van der Waals surface area contributed by atoms with Crippen molar-refractivity contribution in [1.29, 1.82) is 0 Å². The van der Waals surface area contributed by atoms with Gasteiger partial charge in [0.05, 0.1) is 0 Å². The molecule has 0 saturated carbocycles. The lowest BCUT2D eigenvalue weighted by atomic mass is 9.96. The standard InChI is InChI=1S/C16H24N2O/c1-3-18(12-15-7-5-4-6-13(15)2)16(19)14-8-10-17-11-9-14/h4-7,14,17H,3,8-12H2,1-2H3. The van der Waals surface area contributed by atoms with Gasteiger partial charge >= 0.3 is 0 Å². The molecule has 1 N–H and O–H groups in total. The van der Waals surface area contributed by atoms with Gasteiger partial charge in [0.1, 0.15) is 0 Å². The molecule has 0 aliphatic carbocycles. The summed E-state index contributed by atoms with van der Waals surface area (Å²) in [7, 11) is 0. The maximum atomic E-state index is 12.5. The summed E-state index contributed by atoms with van der Waals surface area (Å²) in [6.07, 6.45) is 1.95. The van der Waals surface area contributed by atoms with Crippen molar-refractivity contribution in [2.24, 2.45) is 5.92 Å². The van der Waals surface area contributed by atoms with E-state index in [1.54, 1.807) is 0 Å². The molecule has 0 unspecified atom stereocenters. The highest BCUT2D eigenvalue weighted by Gasteiger charge is 2.25. The molecular weight excluding hydrogens is 236 g/mol. The van der Waals surface area contributed by atoms with Crippen LogP contribution in [0.15, 0.2) is 24.3 Å². The molecule has 1 aliphatic heterocycles. The zero-order valence-electron chi connectivity index (χ0n) is 12.0. The topological polar surface area (TPSA) is 32.3 Å². The van der Waals surface area contributed by atoms with E-state index < -0.39 is 0 Å². The summed E-state index contributed by atoms with van der Waals surface area (Å²) in [6.45, 7) is 7.65. The fraction of sp³-hybridized carbons (Fsp3) is 0.562. The van der Waals surface area contributed by atoms with Gasteiger partial charge in [-0.2, -0.15) is 0 Å². The third-order valence-corrected chi connectivity index (χ3v) is 4.00. The van der Waals surface area contributed by atoms with Crippen molar-refractivity contribution in [2.45, 2.75) is 33.2 Å². The van der Waals surface area contributed by atoms with E-state index in [1.165, 1.54) is 11.1 Å². The lowest BCUT2D eigenvalue weighted by molar-refractivity contribution is -0.136. The van der Waals surface area contributed by atoms with Crippen molar-refractivity contribution < 1.29 is 4.79 Å². The Labute approximate surface area is 116 Å². The van der Waals surface area contributed by atoms with Crippen molar-refractivity contribution in [1.82, 2.24) is 10.2 Å². The Balaban J connectivity index is 2.03. The maximum absolute atomic E-state index is 12.5. The van der Waals surface area contributed by atoms with Crippen molar-refractivity contribution in [2.75, 3.05) is 19.6 Å². The van der Waals surface area contributed by atoms with Gasteiger partial charge in [0, 0.05) is 19.0 Å². The summed E-state index contributed by atoms with van der Waals surface area (Å²) in [4.78, 5) is 14.5. The zero-order valence-corrected chi connectivity index (χ0v) is 12.0. The number of benzene rings is 1. The largest absolute Gasteiger partial charge is 0.338 e. The van der Waals surface area contributed by atoms with Crippen LogP contribution in [0.2, 0.25) is 0 Å². The summed E-state index contributed by atoms with van der Waals surface area (Å²) in [5.74, 6) is 0.539. The Hall–Kier alpha value is -1.35. The van der Waals surface area contributed by atoms with Gasteiger partial charge < -0.3 is 10.2 Å². The molecule has 1 heterocycles. The van der Waals surface area contributed by atoms with E-state index in [0.717, 1.165) is 39.0 Å². The van der Waals surface area contributed by atoms with Crippen LogP contribution < -0.4 is 5.32 Å². The number of aryl methyl sites for hydroxylation is 1. The van der Waals surface area contributed by atoms with E-state index in [2.05, 4.69) is 31.3 Å². The molecule has 1 aliphatic rings. The van der Waals surface area contributed by atoms with Gasteiger partial charge in [-0.25, -0.2) is 0 Å². The average molecular weight is 260 g/mol. The van der Waals surface area contributed by atoms with Gasteiger partial charge in [-0.3, -0.25) is 4.79 Å². The minimum absolute atomic E-state index is 0.213. The molecule has 0 atom stereocenters. The molecule has 19 heavy (non-hydrogen) atoms. The second-order valence-corrected chi connectivity index (χ2v) is 5.30. The maximum Gasteiger partial charge on any atom is 0.226 e. The van der Waals surface area contributed by atoms with Gasteiger partial charge in [0.2, 0.25) is 5.91 Å². The Bertz CT molecular complexity index is 425. The lowest BCUT2D eigenvalue weighted by Gasteiger charge is -2.29. The van der Waals surface area contributed by atoms with E-state index in [0.29, 0.717) is 5.91 Å². The van der Waals surface area contributed by atoms with Crippen molar-refractivity contribution >= 4 is 5.91 Å². The number of nitrogens with zero attached hydrogens (tertiary/aromatic N) is 1. The Morgan fingerprint density at radius 3 is 2.63 bits per heavy atom.